The molecule has 0 saturated heterocycles. The van der Waals surface area contributed by atoms with Crippen LogP contribution in [0.1, 0.15) is 122 Å². The van der Waals surface area contributed by atoms with Crippen LogP contribution >= 0.6 is 0 Å². The van der Waals surface area contributed by atoms with Crippen molar-refractivity contribution in [1.29, 1.82) is 5.26 Å². The number of nitrogens with zero attached hydrogens (tertiary/aromatic N) is 3. The van der Waals surface area contributed by atoms with Crippen molar-refractivity contribution < 1.29 is 9.53 Å². The lowest BCUT2D eigenvalue weighted by Crippen LogP contribution is -2.37. The summed E-state index contributed by atoms with van der Waals surface area (Å²) in [5.41, 5.74) is 1.03. The highest BCUT2D eigenvalue weighted by Gasteiger charge is 2.43. The van der Waals surface area contributed by atoms with Crippen LogP contribution in [0.4, 0.5) is 0 Å². The van der Waals surface area contributed by atoms with E-state index in [9.17, 15) is 10.1 Å². The number of esters is 1. The molecule has 2 aromatic rings. The predicted octanol–water partition coefficient (Wildman–Crippen LogP) is 9.01. The zero-order valence-corrected chi connectivity index (χ0v) is 23.7. The van der Waals surface area contributed by atoms with Crippen LogP contribution in [0.15, 0.2) is 36.7 Å². The monoisotopic (exact) mass is 517 g/mol. The standard InChI is InChI=1S/C33H47N3O2/c1-3-5-7-9-11-13-15-28-24-35-31(36-25-28)29-16-18-30(19-17-29)38-32(37)33(26-34)22-20-27(21-23-33)14-12-10-8-6-4-2/h16-19,24-25,27H,3-15,20-23H2,1-2H3. The Hall–Kier alpha value is -2.74. The van der Waals surface area contributed by atoms with Gasteiger partial charge in [0, 0.05) is 18.0 Å². The Bertz CT molecular complexity index is 986. The highest BCUT2D eigenvalue weighted by atomic mass is 16.5. The van der Waals surface area contributed by atoms with E-state index in [4.69, 9.17) is 4.74 Å². The third kappa shape index (κ3) is 9.22. The zero-order chi connectivity index (χ0) is 27.1. The van der Waals surface area contributed by atoms with E-state index in [1.807, 2.05) is 24.5 Å². The molecule has 1 saturated carbocycles. The third-order valence-corrected chi connectivity index (χ3v) is 8.13. The molecular formula is C33H47N3O2. The minimum absolute atomic E-state index is 0.413. The number of ether oxygens (including phenoxy) is 1. The minimum atomic E-state index is -1.02. The van der Waals surface area contributed by atoms with Gasteiger partial charge >= 0.3 is 5.97 Å². The van der Waals surface area contributed by atoms with Crippen LogP contribution in [0.25, 0.3) is 11.4 Å². The molecule has 38 heavy (non-hydrogen) atoms. The molecule has 1 aromatic carbocycles. The molecule has 0 spiro atoms. The maximum atomic E-state index is 13.0. The van der Waals surface area contributed by atoms with E-state index in [1.54, 1.807) is 12.1 Å². The van der Waals surface area contributed by atoms with E-state index in [1.165, 1.54) is 82.6 Å². The molecule has 3 rings (SSSR count). The second-order valence-corrected chi connectivity index (χ2v) is 11.2. The fourth-order valence-corrected chi connectivity index (χ4v) is 5.48. The summed E-state index contributed by atoms with van der Waals surface area (Å²) >= 11 is 0. The third-order valence-electron chi connectivity index (χ3n) is 8.13. The quantitative estimate of drug-likeness (QED) is 0.126. The van der Waals surface area contributed by atoms with Gasteiger partial charge in [-0.25, -0.2) is 14.8 Å². The first-order valence-electron chi connectivity index (χ1n) is 15.1. The number of hydrogen-bond acceptors (Lipinski definition) is 5. The van der Waals surface area contributed by atoms with Crippen LogP contribution in [0.3, 0.4) is 0 Å². The smallest absolute Gasteiger partial charge is 0.331 e. The van der Waals surface area contributed by atoms with Crippen molar-refractivity contribution in [2.24, 2.45) is 11.3 Å². The van der Waals surface area contributed by atoms with E-state index in [0.29, 0.717) is 30.3 Å². The van der Waals surface area contributed by atoms with Gasteiger partial charge in [0.05, 0.1) is 6.07 Å². The van der Waals surface area contributed by atoms with Crippen LogP contribution < -0.4 is 4.74 Å². The van der Waals surface area contributed by atoms with Crippen molar-refractivity contribution in [3.8, 4) is 23.2 Å². The number of unbranched alkanes of at least 4 members (excludes halogenated alkanes) is 9. The lowest BCUT2D eigenvalue weighted by molar-refractivity contribution is -0.144. The Kier molecular flexibility index (Phi) is 12.8. The van der Waals surface area contributed by atoms with Crippen molar-refractivity contribution in [2.75, 3.05) is 0 Å². The lowest BCUT2D eigenvalue weighted by Gasteiger charge is -2.33. The van der Waals surface area contributed by atoms with E-state index < -0.39 is 11.4 Å². The van der Waals surface area contributed by atoms with Gasteiger partial charge in [-0.3, -0.25) is 0 Å². The number of rotatable bonds is 16. The largest absolute Gasteiger partial charge is 0.425 e. The summed E-state index contributed by atoms with van der Waals surface area (Å²) in [6.45, 7) is 4.48. The summed E-state index contributed by atoms with van der Waals surface area (Å²) in [6.07, 6.45) is 23.2. The van der Waals surface area contributed by atoms with Crippen molar-refractivity contribution in [3.63, 3.8) is 0 Å². The number of carbonyl (C=O) groups excluding carboxylic acids is 1. The van der Waals surface area contributed by atoms with Gasteiger partial charge in [-0.05, 0) is 74.3 Å². The maximum absolute atomic E-state index is 13.0. The summed E-state index contributed by atoms with van der Waals surface area (Å²) in [4.78, 5) is 22.1. The second-order valence-electron chi connectivity index (χ2n) is 11.2. The molecule has 1 fully saturated rings. The molecule has 0 radical (unpaired) electrons. The van der Waals surface area contributed by atoms with Gasteiger partial charge in [0.15, 0.2) is 11.2 Å². The fourth-order valence-electron chi connectivity index (χ4n) is 5.48. The SMILES string of the molecule is CCCCCCCCc1cnc(-c2ccc(OC(=O)C3(C#N)CCC(CCCCCCC)CC3)cc2)nc1. The summed E-state index contributed by atoms with van der Waals surface area (Å²) in [7, 11) is 0. The van der Waals surface area contributed by atoms with E-state index >= 15 is 0 Å². The van der Waals surface area contributed by atoms with Crippen molar-refractivity contribution in [1.82, 2.24) is 9.97 Å². The summed E-state index contributed by atoms with van der Waals surface area (Å²) in [6, 6.07) is 9.61. The summed E-state index contributed by atoms with van der Waals surface area (Å²) in [5.74, 6) is 1.34. The van der Waals surface area contributed by atoms with E-state index in [2.05, 4.69) is 29.9 Å². The van der Waals surface area contributed by atoms with Crippen molar-refractivity contribution in [3.05, 3.63) is 42.2 Å². The molecule has 1 aliphatic carbocycles. The van der Waals surface area contributed by atoms with Gasteiger partial charge in [0.25, 0.3) is 0 Å². The molecule has 1 heterocycles. The van der Waals surface area contributed by atoms with Crippen molar-refractivity contribution >= 4 is 5.97 Å². The minimum Gasteiger partial charge on any atom is -0.425 e. The van der Waals surface area contributed by atoms with Crippen LogP contribution in [-0.2, 0) is 11.2 Å². The molecule has 5 nitrogen and oxygen atoms in total. The molecule has 0 amide bonds. The molecule has 206 valence electrons. The van der Waals surface area contributed by atoms with Gasteiger partial charge in [0.1, 0.15) is 5.75 Å². The molecule has 1 aromatic heterocycles. The molecule has 0 N–H and O–H groups in total. The molecule has 0 unspecified atom stereocenters. The first-order valence-corrected chi connectivity index (χ1v) is 15.1. The number of hydrogen-bond donors (Lipinski definition) is 0. The van der Waals surface area contributed by atoms with E-state index in [0.717, 1.165) is 24.8 Å². The Morgan fingerprint density at radius 3 is 2.08 bits per heavy atom. The molecule has 0 aliphatic heterocycles. The van der Waals surface area contributed by atoms with Crippen LogP contribution in [0.2, 0.25) is 0 Å². The van der Waals surface area contributed by atoms with E-state index in [-0.39, 0.29) is 0 Å². The topological polar surface area (TPSA) is 75.9 Å². The Balaban J connectivity index is 1.45. The Morgan fingerprint density at radius 2 is 1.47 bits per heavy atom. The molecule has 5 heteroatoms. The molecule has 0 atom stereocenters. The number of aryl methyl sites for hydroxylation is 1. The van der Waals surface area contributed by atoms with Gasteiger partial charge < -0.3 is 4.74 Å². The van der Waals surface area contributed by atoms with Crippen LogP contribution in [0, 0.1) is 22.7 Å². The average Bonchev–Trinajstić information content (AvgIpc) is 2.96. The first-order chi connectivity index (χ1) is 18.6. The normalized spacial score (nSPS) is 19.1. The van der Waals surface area contributed by atoms with Gasteiger partial charge in [-0.1, -0.05) is 84.5 Å². The average molecular weight is 518 g/mol. The second kappa shape index (κ2) is 16.3. The maximum Gasteiger partial charge on any atom is 0.331 e. The van der Waals surface area contributed by atoms with Crippen LogP contribution in [0.5, 0.6) is 5.75 Å². The predicted molar refractivity (Wildman–Crippen MR) is 154 cm³/mol. The van der Waals surface area contributed by atoms with Gasteiger partial charge in [0.2, 0.25) is 0 Å². The first kappa shape index (κ1) is 29.8. The van der Waals surface area contributed by atoms with Gasteiger partial charge in [-0.15, -0.1) is 0 Å². The number of nitriles is 1. The Labute approximate surface area is 230 Å². The highest BCUT2D eigenvalue weighted by molar-refractivity contribution is 5.82. The van der Waals surface area contributed by atoms with Gasteiger partial charge in [-0.2, -0.15) is 5.26 Å². The molecule has 1 aliphatic rings. The van der Waals surface area contributed by atoms with Crippen LogP contribution in [-0.4, -0.2) is 15.9 Å². The highest BCUT2D eigenvalue weighted by Crippen LogP contribution is 2.41. The number of benzene rings is 1. The summed E-state index contributed by atoms with van der Waals surface area (Å²) in [5, 5.41) is 9.90. The molecular weight excluding hydrogens is 470 g/mol. The summed E-state index contributed by atoms with van der Waals surface area (Å²) < 4.78 is 5.70. The zero-order valence-electron chi connectivity index (χ0n) is 23.7. The van der Waals surface area contributed by atoms with Crippen molar-refractivity contribution in [2.45, 2.75) is 123 Å². The number of aromatic nitrogens is 2. The Morgan fingerprint density at radius 1 is 0.895 bits per heavy atom. The fraction of sp³-hybridized carbons (Fsp3) is 0.636. The lowest BCUT2D eigenvalue weighted by atomic mass is 9.70. The molecule has 0 bridgehead atoms. The number of carbonyl (C=O) groups is 1.